The number of carbonyl (C=O) groups is 2. The van der Waals surface area contributed by atoms with Gasteiger partial charge in [-0.3, -0.25) is 14.5 Å². The van der Waals surface area contributed by atoms with Crippen molar-refractivity contribution in [1.82, 2.24) is 5.32 Å². The van der Waals surface area contributed by atoms with Gasteiger partial charge in [0.15, 0.2) is 0 Å². The lowest BCUT2D eigenvalue weighted by Crippen LogP contribution is -2.47. The van der Waals surface area contributed by atoms with Crippen molar-refractivity contribution >= 4 is 28.3 Å². The van der Waals surface area contributed by atoms with Crippen molar-refractivity contribution in [1.29, 1.82) is 0 Å². The first-order chi connectivity index (χ1) is 12.7. The van der Waals surface area contributed by atoms with E-state index in [0.717, 1.165) is 22.9 Å². The van der Waals surface area contributed by atoms with Crippen LogP contribution in [0.3, 0.4) is 0 Å². The standard InChI is InChI=1S/C22H20N2O2/c1-15(21(25)23-14-13-16-7-3-2-4-8-16)24-19-12-6-10-17-9-5-11-18(20(17)19)22(24)26/h2-12,15H,13-14H2,1H3,(H,23,25)/t15-/m0/s1. The van der Waals surface area contributed by atoms with E-state index in [0.29, 0.717) is 12.1 Å². The maximum Gasteiger partial charge on any atom is 0.259 e. The normalized spacial score (nSPS) is 13.9. The molecule has 4 rings (SSSR count). The van der Waals surface area contributed by atoms with Crippen LogP contribution >= 0.6 is 0 Å². The number of carbonyl (C=O) groups excluding carboxylic acids is 2. The SMILES string of the molecule is C[C@@H](C(=O)NCCc1ccccc1)N1C(=O)c2cccc3cccc1c23. The van der Waals surface area contributed by atoms with Crippen molar-refractivity contribution in [3.63, 3.8) is 0 Å². The second kappa shape index (κ2) is 6.64. The van der Waals surface area contributed by atoms with E-state index in [2.05, 4.69) is 5.32 Å². The van der Waals surface area contributed by atoms with Gasteiger partial charge in [-0.1, -0.05) is 54.6 Å². The Balaban J connectivity index is 1.50. The van der Waals surface area contributed by atoms with Crippen LogP contribution in [0.4, 0.5) is 5.69 Å². The van der Waals surface area contributed by atoms with Crippen molar-refractivity contribution < 1.29 is 9.59 Å². The molecule has 0 bridgehead atoms. The molecule has 3 aromatic rings. The molecule has 1 N–H and O–H groups in total. The molecule has 130 valence electrons. The number of hydrogen-bond acceptors (Lipinski definition) is 2. The molecule has 0 aromatic heterocycles. The third kappa shape index (κ3) is 2.73. The number of nitrogens with zero attached hydrogens (tertiary/aromatic N) is 1. The van der Waals surface area contributed by atoms with E-state index in [1.54, 1.807) is 11.8 Å². The highest BCUT2D eigenvalue weighted by molar-refractivity contribution is 6.26. The number of benzene rings is 3. The lowest BCUT2D eigenvalue weighted by molar-refractivity contribution is -0.121. The van der Waals surface area contributed by atoms with E-state index < -0.39 is 6.04 Å². The number of nitrogens with one attached hydrogen (secondary N) is 1. The molecular formula is C22H20N2O2. The van der Waals surface area contributed by atoms with Gasteiger partial charge in [0.05, 0.1) is 5.69 Å². The zero-order valence-electron chi connectivity index (χ0n) is 14.6. The quantitative estimate of drug-likeness (QED) is 0.769. The van der Waals surface area contributed by atoms with Gasteiger partial charge in [-0.15, -0.1) is 0 Å². The second-order valence-electron chi connectivity index (χ2n) is 6.56. The minimum Gasteiger partial charge on any atom is -0.354 e. The van der Waals surface area contributed by atoms with Gasteiger partial charge in [0.25, 0.3) is 5.91 Å². The van der Waals surface area contributed by atoms with Gasteiger partial charge in [0.2, 0.25) is 5.91 Å². The molecule has 0 radical (unpaired) electrons. The predicted molar refractivity (Wildman–Crippen MR) is 103 cm³/mol. The van der Waals surface area contributed by atoms with Crippen molar-refractivity contribution in [3.8, 4) is 0 Å². The molecule has 4 heteroatoms. The molecule has 1 aliphatic rings. The summed E-state index contributed by atoms with van der Waals surface area (Å²) >= 11 is 0. The topological polar surface area (TPSA) is 49.4 Å². The van der Waals surface area contributed by atoms with Crippen LogP contribution in [0.25, 0.3) is 10.8 Å². The van der Waals surface area contributed by atoms with Crippen LogP contribution in [-0.4, -0.2) is 24.4 Å². The van der Waals surface area contributed by atoms with Crippen LogP contribution in [0.5, 0.6) is 0 Å². The van der Waals surface area contributed by atoms with E-state index in [1.165, 1.54) is 5.56 Å². The molecule has 0 unspecified atom stereocenters. The van der Waals surface area contributed by atoms with Crippen molar-refractivity contribution in [2.45, 2.75) is 19.4 Å². The Bertz CT molecular complexity index is 977. The van der Waals surface area contributed by atoms with Crippen molar-refractivity contribution in [3.05, 3.63) is 77.9 Å². The first-order valence-corrected chi connectivity index (χ1v) is 8.84. The summed E-state index contributed by atoms with van der Waals surface area (Å²) in [5.74, 6) is -0.249. The Hall–Kier alpha value is -3.14. The molecule has 0 fully saturated rings. The number of rotatable bonds is 5. The molecule has 0 saturated carbocycles. The van der Waals surface area contributed by atoms with E-state index in [9.17, 15) is 9.59 Å². The summed E-state index contributed by atoms with van der Waals surface area (Å²) in [4.78, 5) is 27.1. The van der Waals surface area contributed by atoms with Gasteiger partial charge in [-0.25, -0.2) is 0 Å². The van der Waals surface area contributed by atoms with Gasteiger partial charge in [0, 0.05) is 17.5 Å². The Morgan fingerprint density at radius 1 is 1.00 bits per heavy atom. The maximum absolute atomic E-state index is 12.9. The average Bonchev–Trinajstić information content (AvgIpc) is 2.96. The summed E-state index contributed by atoms with van der Waals surface area (Å²) in [6.45, 7) is 2.33. The molecular weight excluding hydrogens is 324 g/mol. The Labute approximate surface area is 152 Å². The molecule has 1 heterocycles. The molecule has 0 spiro atoms. The van der Waals surface area contributed by atoms with Crippen molar-refractivity contribution in [2.24, 2.45) is 0 Å². The molecule has 1 aliphatic heterocycles. The lowest BCUT2D eigenvalue weighted by Gasteiger charge is -2.24. The zero-order chi connectivity index (χ0) is 18.1. The Kier molecular flexibility index (Phi) is 4.17. The zero-order valence-corrected chi connectivity index (χ0v) is 14.6. The highest BCUT2D eigenvalue weighted by atomic mass is 16.2. The summed E-state index contributed by atoms with van der Waals surface area (Å²) in [6, 6.07) is 21.0. The highest BCUT2D eigenvalue weighted by Gasteiger charge is 2.35. The summed E-state index contributed by atoms with van der Waals surface area (Å²) in [5.41, 5.74) is 2.66. The summed E-state index contributed by atoms with van der Waals surface area (Å²) < 4.78 is 0. The molecule has 0 aliphatic carbocycles. The number of amides is 2. The fraction of sp³-hybridized carbons (Fsp3) is 0.182. The first-order valence-electron chi connectivity index (χ1n) is 8.84. The van der Waals surface area contributed by atoms with Crippen LogP contribution < -0.4 is 10.2 Å². The largest absolute Gasteiger partial charge is 0.354 e. The van der Waals surface area contributed by atoms with Crippen molar-refractivity contribution in [2.75, 3.05) is 11.4 Å². The fourth-order valence-corrected chi connectivity index (χ4v) is 3.56. The van der Waals surface area contributed by atoms with E-state index in [4.69, 9.17) is 0 Å². The lowest BCUT2D eigenvalue weighted by atomic mass is 10.1. The van der Waals surface area contributed by atoms with Crippen LogP contribution in [-0.2, 0) is 11.2 Å². The molecule has 4 nitrogen and oxygen atoms in total. The third-order valence-electron chi connectivity index (χ3n) is 4.91. The minimum atomic E-state index is -0.559. The summed E-state index contributed by atoms with van der Waals surface area (Å²) in [7, 11) is 0. The molecule has 26 heavy (non-hydrogen) atoms. The second-order valence-corrected chi connectivity index (χ2v) is 6.56. The Morgan fingerprint density at radius 2 is 1.73 bits per heavy atom. The highest BCUT2D eigenvalue weighted by Crippen LogP contribution is 2.38. The average molecular weight is 344 g/mol. The molecule has 2 amide bonds. The van der Waals surface area contributed by atoms with Crippen LogP contribution in [0.1, 0.15) is 22.8 Å². The smallest absolute Gasteiger partial charge is 0.259 e. The monoisotopic (exact) mass is 344 g/mol. The molecule has 3 aromatic carbocycles. The van der Waals surface area contributed by atoms with Gasteiger partial charge >= 0.3 is 0 Å². The predicted octanol–water partition coefficient (Wildman–Crippen LogP) is 3.55. The van der Waals surface area contributed by atoms with Gasteiger partial charge in [-0.2, -0.15) is 0 Å². The minimum absolute atomic E-state index is 0.109. The van der Waals surface area contributed by atoms with E-state index >= 15 is 0 Å². The number of hydrogen-bond donors (Lipinski definition) is 1. The van der Waals surface area contributed by atoms with E-state index in [-0.39, 0.29) is 11.8 Å². The van der Waals surface area contributed by atoms with Crippen LogP contribution in [0.2, 0.25) is 0 Å². The third-order valence-corrected chi connectivity index (χ3v) is 4.91. The summed E-state index contributed by atoms with van der Waals surface area (Å²) in [6.07, 6.45) is 0.767. The van der Waals surface area contributed by atoms with Gasteiger partial charge < -0.3 is 5.32 Å². The number of anilines is 1. The summed E-state index contributed by atoms with van der Waals surface area (Å²) in [5, 5.41) is 4.91. The van der Waals surface area contributed by atoms with Gasteiger partial charge in [0.1, 0.15) is 6.04 Å². The molecule has 0 saturated heterocycles. The van der Waals surface area contributed by atoms with Crippen LogP contribution in [0.15, 0.2) is 66.7 Å². The molecule has 1 atom stereocenters. The maximum atomic E-state index is 12.9. The Morgan fingerprint density at radius 3 is 2.50 bits per heavy atom. The first kappa shape index (κ1) is 16.3. The van der Waals surface area contributed by atoms with Gasteiger partial charge in [-0.05, 0) is 36.4 Å². The van der Waals surface area contributed by atoms with Crippen LogP contribution in [0, 0.1) is 0 Å². The fourth-order valence-electron chi connectivity index (χ4n) is 3.56. The van der Waals surface area contributed by atoms with E-state index in [1.807, 2.05) is 66.7 Å².